The normalized spacial score (nSPS) is 9.92. The van der Waals surface area contributed by atoms with Gasteiger partial charge in [-0.15, -0.1) is 0 Å². The van der Waals surface area contributed by atoms with Crippen molar-refractivity contribution in [3.05, 3.63) is 23.9 Å². The molecule has 0 aliphatic heterocycles. The minimum absolute atomic E-state index is 0.505. The molecule has 0 radical (unpaired) electrons. The van der Waals surface area contributed by atoms with Gasteiger partial charge in [-0.3, -0.25) is 0 Å². The van der Waals surface area contributed by atoms with Gasteiger partial charge in [0.05, 0.1) is 5.69 Å². The van der Waals surface area contributed by atoms with Crippen molar-refractivity contribution in [2.24, 2.45) is 5.73 Å². The van der Waals surface area contributed by atoms with E-state index in [-0.39, 0.29) is 0 Å². The highest BCUT2D eigenvalue weighted by molar-refractivity contribution is 5.37. The van der Waals surface area contributed by atoms with Gasteiger partial charge >= 0.3 is 0 Å². The van der Waals surface area contributed by atoms with E-state index < -0.39 is 0 Å². The fourth-order valence-electron chi connectivity index (χ4n) is 0.955. The lowest BCUT2D eigenvalue weighted by molar-refractivity contribution is 0.908. The molecule has 0 aliphatic rings. The van der Waals surface area contributed by atoms with E-state index in [2.05, 4.69) is 16.8 Å². The first-order valence-electron chi connectivity index (χ1n) is 4.15. The molecule has 1 rings (SSSR count). The van der Waals surface area contributed by atoms with Crippen molar-refractivity contribution in [1.82, 2.24) is 4.98 Å². The monoisotopic (exact) mass is 165 g/mol. The Balaban J connectivity index is 2.86. The van der Waals surface area contributed by atoms with Crippen LogP contribution < -0.4 is 10.6 Å². The molecule has 0 atom stereocenters. The lowest BCUT2D eigenvalue weighted by atomic mass is 10.3. The van der Waals surface area contributed by atoms with E-state index >= 15 is 0 Å². The molecule has 0 aromatic carbocycles. The summed E-state index contributed by atoms with van der Waals surface area (Å²) in [6.07, 6.45) is 0. The largest absolute Gasteiger partial charge is 0.360 e. The van der Waals surface area contributed by atoms with Crippen molar-refractivity contribution in [2.45, 2.75) is 13.5 Å². The minimum Gasteiger partial charge on any atom is -0.360 e. The number of nitrogens with zero attached hydrogens (tertiary/aromatic N) is 2. The molecule has 1 heterocycles. The Morgan fingerprint density at radius 3 is 2.83 bits per heavy atom. The van der Waals surface area contributed by atoms with E-state index in [0.29, 0.717) is 6.54 Å². The molecule has 1 aromatic heterocycles. The van der Waals surface area contributed by atoms with Gasteiger partial charge in [0.25, 0.3) is 0 Å². The van der Waals surface area contributed by atoms with Crippen molar-refractivity contribution in [1.29, 1.82) is 0 Å². The Kier molecular flexibility index (Phi) is 3.05. The van der Waals surface area contributed by atoms with Crippen LogP contribution in [0.15, 0.2) is 18.2 Å². The molecular formula is C9H15N3. The molecule has 3 heteroatoms. The first-order valence-corrected chi connectivity index (χ1v) is 4.15. The highest BCUT2D eigenvalue weighted by Crippen LogP contribution is 2.08. The number of hydrogen-bond donors (Lipinski definition) is 1. The Labute approximate surface area is 73.2 Å². The van der Waals surface area contributed by atoms with Crippen molar-refractivity contribution in [3.63, 3.8) is 0 Å². The maximum atomic E-state index is 5.48. The van der Waals surface area contributed by atoms with Crippen LogP contribution in [0.2, 0.25) is 0 Å². The molecule has 0 spiro atoms. The molecule has 0 aliphatic carbocycles. The summed E-state index contributed by atoms with van der Waals surface area (Å²) in [5.41, 5.74) is 6.42. The Morgan fingerprint density at radius 1 is 1.50 bits per heavy atom. The maximum absolute atomic E-state index is 5.48. The highest BCUT2D eigenvalue weighted by Gasteiger charge is 1.99. The molecule has 2 N–H and O–H groups in total. The zero-order valence-corrected chi connectivity index (χ0v) is 7.62. The summed E-state index contributed by atoms with van der Waals surface area (Å²) in [7, 11) is 2.02. The molecule has 0 amide bonds. The number of rotatable bonds is 3. The second-order valence-corrected chi connectivity index (χ2v) is 2.71. The Hall–Kier alpha value is -1.09. The van der Waals surface area contributed by atoms with Gasteiger partial charge in [0.2, 0.25) is 0 Å². The fourth-order valence-corrected chi connectivity index (χ4v) is 0.955. The van der Waals surface area contributed by atoms with Crippen molar-refractivity contribution in [3.8, 4) is 0 Å². The van der Waals surface area contributed by atoms with Crippen molar-refractivity contribution >= 4 is 5.82 Å². The van der Waals surface area contributed by atoms with Crippen LogP contribution in [0.3, 0.4) is 0 Å². The third-order valence-corrected chi connectivity index (χ3v) is 1.87. The molecule has 66 valence electrons. The number of nitrogens with two attached hydrogens (primary N) is 1. The second kappa shape index (κ2) is 4.07. The van der Waals surface area contributed by atoms with Gasteiger partial charge in [-0.25, -0.2) is 4.98 Å². The summed E-state index contributed by atoms with van der Waals surface area (Å²) < 4.78 is 0. The SMILES string of the molecule is CCN(C)c1cccc(CN)n1. The number of anilines is 1. The molecular weight excluding hydrogens is 150 g/mol. The predicted molar refractivity (Wildman–Crippen MR) is 51.1 cm³/mol. The zero-order chi connectivity index (χ0) is 8.97. The van der Waals surface area contributed by atoms with Crippen LogP contribution in [-0.2, 0) is 6.54 Å². The van der Waals surface area contributed by atoms with Crippen LogP contribution >= 0.6 is 0 Å². The first-order chi connectivity index (χ1) is 5.77. The molecule has 3 nitrogen and oxygen atoms in total. The third-order valence-electron chi connectivity index (χ3n) is 1.87. The van der Waals surface area contributed by atoms with Crippen LogP contribution in [0, 0.1) is 0 Å². The van der Waals surface area contributed by atoms with Crippen LogP contribution in [0.5, 0.6) is 0 Å². The van der Waals surface area contributed by atoms with Crippen LogP contribution in [-0.4, -0.2) is 18.6 Å². The van der Waals surface area contributed by atoms with Gasteiger partial charge in [0.15, 0.2) is 0 Å². The van der Waals surface area contributed by atoms with E-state index in [9.17, 15) is 0 Å². The van der Waals surface area contributed by atoms with E-state index in [1.807, 2.05) is 25.2 Å². The smallest absolute Gasteiger partial charge is 0.128 e. The van der Waals surface area contributed by atoms with Crippen molar-refractivity contribution < 1.29 is 0 Å². The fraction of sp³-hybridized carbons (Fsp3) is 0.444. The third kappa shape index (κ3) is 1.95. The Bertz CT molecular complexity index is 247. The van der Waals surface area contributed by atoms with Gasteiger partial charge in [-0.05, 0) is 19.1 Å². The lowest BCUT2D eigenvalue weighted by Crippen LogP contribution is -2.17. The first kappa shape index (κ1) is 9.00. The number of pyridine rings is 1. The summed E-state index contributed by atoms with van der Waals surface area (Å²) >= 11 is 0. The maximum Gasteiger partial charge on any atom is 0.128 e. The van der Waals surface area contributed by atoms with Crippen LogP contribution in [0.1, 0.15) is 12.6 Å². The molecule has 12 heavy (non-hydrogen) atoms. The zero-order valence-electron chi connectivity index (χ0n) is 7.62. The lowest BCUT2D eigenvalue weighted by Gasteiger charge is -2.15. The quantitative estimate of drug-likeness (QED) is 0.726. The summed E-state index contributed by atoms with van der Waals surface area (Å²) in [6.45, 7) is 3.56. The average molecular weight is 165 g/mol. The molecule has 0 unspecified atom stereocenters. The number of aromatic nitrogens is 1. The van der Waals surface area contributed by atoms with E-state index in [1.54, 1.807) is 0 Å². The van der Waals surface area contributed by atoms with Crippen LogP contribution in [0.4, 0.5) is 5.82 Å². The van der Waals surface area contributed by atoms with Gasteiger partial charge in [-0.1, -0.05) is 6.07 Å². The summed E-state index contributed by atoms with van der Waals surface area (Å²) in [5.74, 6) is 0.987. The van der Waals surface area contributed by atoms with Gasteiger partial charge in [-0.2, -0.15) is 0 Å². The van der Waals surface area contributed by atoms with Crippen molar-refractivity contribution in [2.75, 3.05) is 18.5 Å². The van der Waals surface area contributed by atoms with Gasteiger partial charge < -0.3 is 10.6 Å². The Morgan fingerprint density at radius 2 is 2.25 bits per heavy atom. The summed E-state index contributed by atoms with van der Waals surface area (Å²) in [4.78, 5) is 6.45. The standard InChI is InChI=1S/C9H15N3/c1-3-12(2)9-6-4-5-8(7-10)11-9/h4-6H,3,7,10H2,1-2H3. The van der Waals surface area contributed by atoms with E-state index in [4.69, 9.17) is 5.73 Å². The predicted octanol–water partition coefficient (Wildman–Crippen LogP) is 0.996. The van der Waals surface area contributed by atoms with E-state index in [1.165, 1.54) is 0 Å². The minimum atomic E-state index is 0.505. The molecule has 0 bridgehead atoms. The molecule has 0 fully saturated rings. The second-order valence-electron chi connectivity index (χ2n) is 2.71. The van der Waals surface area contributed by atoms with Gasteiger partial charge in [0.1, 0.15) is 5.82 Å². The van der Waals surface area contributed by atoms with Crippen LogP contribution in [0.25, 0.3) is 0 Å². The average Bonchev–Trinajstić information content (AvgIpc) is 2.17. The molecule has 0 saturated heterocycles. The summed E-state index contributed by atoms with van der Waals surface area (Å²) in [5, 5.41) is 0. The topological polar surface area (TPSA) is 42.1 Å². The van der Waals surface area contributed by atoms with E-state index in [0.717, 1.165) is 18.1 Å². The number of hydrogen-bond acceptors (Lipinski definition) is 3. The highest BCUT2D eigenvalue weighted by atomic mass is 15.2. The summed E-state index contributed by atoms with van der Waals surface area (Å²) in [6, 6.07) is 5.91. The van der Waals surface area contributed by atoms with Gasteiger partial charge in [0, 0.05) is 20.1 Å². The molecule has 1 aromatic rings. The molecule has 0 saturated carbocycles.